The number of carbonyl (C=O) groups is 1. The fourth-order valence-corrected chi connectivity index (χ4v) is 4.29. The van der Waals surface area contributed by atoms with E-state index in [-0.39, 0.29) is 0 Å². The lowest BCUT2D eigenvalue weighted by Gasteiger charge is -2.15. The number of alkyl halides is 3. The molecule has 1 amide bonds. The quantitative estimate of drug-likeness (QED) is 0.602. The van der Waals surface area contributed by atoms with Crippen LogP contribution in [0.2, 0.25) is 0 Å². The van der Waals surface area contributed by atoms with Crippen LogP contribution in [0.1, 0.15) is 15.9 Å². The van der Waals surface area contributed by atoms with E-state index < -0.39 is 61.1 Å². The van der Waals surface area contributed by atoms with Gasteiger partial charge >= 0.3 is 6.36 Å². The van der Waals surface area contributed by atoms with Gasteiger partial charge in [0, 0.05) is 17.1 Å². The highest BCUT2D eigenvalue weighted by molar-refractivity contribution is 9.10. The van der Waals surface area contributed by atoms with Crippen LogP contribution in [0.3, 0.4) is 0 Å². The fraction of sp³-hybridized carbons (Fsp3) is 0.188. The summed E-state index contributed by atoms with van der Waals surface area (Å²) in [5.41, 5.74) is -1.12. The number of hydrogen-bond acceptors (Lipinski definition) is 6. The topological polar surface area (TPSA) is 113 Å². The van der Waals surface area contributed by atoms with E-state index in [9.17, 15) is 36.6 Å². The largest absolute Gasteiger partial charge is 0.573 e. The molecule has 12 heteroatoms. The van der Waals surface area contributed by atoms with Crippen LogP contribution in [0.15, 0.2) is 39.7 Å². The average Bonchev–Trinajstić information content (AvgIpc) is 2.57. The minimum atomic E-state index is -5.10. The number of nitrogens with one attached hydrogen (secondary N) is 1. The van der Waals surface area contributed by atoms with Crippen LogP contribution in [-0.4, -0.2) is 37.9 Å². The third-order valence-electron chi connectivity index (χ3n) is 3.47. The van der Waals surface area contributed by atoms with Gasteiger partial charge in [-0.2, -0.15) is 0 Å². The van der Waals surface area contributed by atoms with Crippen LogP contribution in [0.5, 0.6) is 17.2 Å². The van der Waals surface area contributed by atoms with Gasteiger partial charge in [0.15, 0.2) is 9.84 Å². The van der Waals surface area contributed by atoms with Gasteiger partial charge in [-0.05, 0) is 30.3 Å². The standard InChI is InChI=1S/C16H13BrF3NO6S/c1-21-15(24)11-6-10(27-16(18,19)20)4-8(14(11)23)7-28(25,26)13-5-9(17)2-3-12(13)22/h2-6,22-23H,7H2,1H3,(H,21,24). The molecule has 0 aliphatic heterocycles. The van der Waals surface area contributed by atoms with E-state index in [4.69, 9.17) is 0 Å². The Morgan fingerprint density at radius 1 is 1.21 bits per heavy atom. The van der Waals surface area contributed by atoms with Crippen molar-refractivity contribution in [1.82, 2.24) is 5.32 Å². The zero-order valence-electron chi connectivity index (χ0n) is 14.0. The van der Waals surface area contributed by atoms with Gasteiger partial charge in [-0.15, -0.1) is 13.2 Å². The van der Waals surface area contributed by atoms with Gasteiger partial charge < -0.3 is 20.3 Å². The summed E-state index contributed by atoms with van der Waals surface area (Å²) in [7, 11) is -3.13. The summed E-state index contributed by atoms with van der Waals surface area (Å²) in [6.07, 6.45) is -5.10. The van der Waals surface area contributed by atoms with E-state index in [1.54, 1.807) is 0 Å². The number of amides is 1. The zero-order valence-corrected chi connectivity index (χ0v) is 16.4. The van der Waals surface area contributed by atoms with Crippen molar-refractivity contribution < 1.29 is 41.3 Å². The van der Waals surface area contributed by atoms with Gasteiger partial charge in [0.1, 0.15) is 22.1 Å². The van der Waals surface area contributed by atoms with Crippen LogP contribution in [0, 0.1) is 0 Å². The zero-order chi connectivity index (χ0) is 21.3. The van der Waals surface area contributed by atoms with Crippen molar-refractivity contribution in [1.29, 1.82) is 0 Å². The molecular formula is C16H13BrF3NO6S. The first-order valence-corrected chi connectivity index (χ1v) is 9.83. The lowest BCUT2D eigenvalue weighted by Crippen LogP contribution is -2.21. The highest BCUT2D eigenvalue weighted by atomic mass is 79.9. The maximum absolute atomic E-state index is 12.6. The number of sulfone groups is 1. The predicted octanol–water partition coefficient (Wildman–Crippen LogP) is 3.09. The van der Waals surface area contributed by atoms with Crippen molar-refractivity contribution in [2.24, 2.45) is 0 Å². The number of ether oxygens (including phenoxy) is 1. The third kappa shape index (κ3) is 5.07. The second kappa shape index (κ2) is 7.87. The number of carbonyl (C=O) groups excluding carboxylic acids is 1. The van der Waals surface area contributed by atoms with Crippen LogP contribution >= 0.6 is 15.9 Å². The SMILES string of the molecule is CNC(=O)c1cc(OC(F)(F)F)cc(CS(=O)(=O)c2cc(Br)ccc2O)c1O. The Hall–Kier alpha value is -2.47. The first kappa shape index (κ1) is 21.8. The molecule has 152 valence electrons. The first-order chi connectivity index (χ1) is 12.8. The van der Waals surface area contributed by atoms with E-state index in [2.05, 4.69) is 26.0 Å². The van der Waals surface area contributed by atoms with Crippen molar-refractivity contribution in [3.63, 3.8) is 0 Å². The molecule has 0 bridgehead atoms. The van der Waals surface area contributed by atoms with E-state index in [1.165, 1.54) is 13.1 Å². The third-order valence-corrected chi connectivity index (χ3v) is 5.65. The molecule has 2 aromatic carbocycles. The molecular weight excluding hydrogens is 471 g/mol. The van der Waals surface area contributed by atoms with E-state index in [0.717, 1.165) is 12.1 Å². The van der Waals surface area contributed by atoms with E-state index in [0.29, 0.717) is 16.6 Å². The first-order valence-electron chi connectivity index (χ1n) is 7.39. The number of halogens is 4. The Morgan fingerprint density at radius 2 is 1.86 bits per heavy atom. The van der Waals surface area contributed by atoms with Crippen molar-refractivity contribution in [3.8, 4) is 17.2 Å². The average molecular weight is 484 g/mol. The summed E-state index contributed by atoms with van der Waals surface area (Å²) in [4.78, 5) is 11.3. The summed E-state index contributed by atoms with van der Waals surface area (Å²) in [5, 5.41) is 22.1. The molecule has 0 fully saturated rings. The molecule has 0 atom stereocenters. The molecule has 0 saturated carbocycles. The Kier molecular flexibility index (Phi) is 6.14. The molecule has 7 nitrogen and oxygen atoms in total. The lowest BCUT2D eigenvalue weighted by molar-refractivity contribution is -0.274. The van der Waals surface area contributed by atoms with Gasteiger partial charge in [0.05, 0.1) is 11.3 Å². The maximum Gasteiger partial charge on any atom is 0.573 e. The molecule has 0 aliphatic rings. The molecule has 0 spiro atoms. The molecule has 3 N–H and O–H groups in total. The normalized spacial score (nSPS) is 11.9. The summed E-state index contributed by atoms with van der Waals surface area (Å²) >= 11 is 3.05. The molecule has 2 aromatic rings. The van der Waals surface area contributed by atoms with E-state index >= 15 is 0 Å². The number of benzene rings is 2. The van der Waals surface area contributed by atoms with Crippen molar-refractivity contribution in [2.45, 2.75) is 17.0 Å². The molecule has 0 aliphatic carbocycles. The van der Waals surface area contributed by atoms with Crippen LogP contribution < -0.4 is 10.1 Å². The van der Waals surface area contributed by atoms with Gasteiger partial charge in [-0.1, -0.05) is 15.9 Å². The Balaban J connectivity index is 2.58. The molecule has 0 heterocycles. The minimum absolute atomic E-state index is 0.327. The van der Waals surface area contributed by atoms with Crippen molar-refractivity contribution in [3.05, 3.63) is 45.9 Å². The predicted molar refractivity (Wildman–Crippen MR) is 94.9 cm³/mol. The monoisotopic (exact) mass is 483 g/mol. The number of rotatable bonds is 5. The van der Waals surface area contributed by atoms with Gasteiger partial charge in [-0.3, -0.25) is 4.79 Å². The second-order valence-electron chi connectivity index (χ2n) is 5.48. The van der Waals surface area contributed by atoms with Gasteiger partial charge in [0.2, 0.25) is 0 Å². The fourth-order valence-electron chi connectivity index (χ4n) is 2.30. The lowest BCUT2D eigenvalue weighted by atomic mass is 10.1. The van der Waals surface area contributed by atoms with E-state index in [1.807, 2.05) is 0 Å². The number of hydrogen-bond donors (Lipinski definition) is 3. The molecule has 0 radical (unpaired) electrons. The Morgan fingerprint density at radius 3 is 2.43 bits per heavy atom. The summed E-state index contributed by atoms with van der Waals surface area (Å²) in [5.74, 6) is -4.24. The Labute approximate surface area is 165 Å². The maximum atomic E-state index is 12.6. The van der Waals surface area contributed by atoms with Crippen LogP contribution in [0.4, 0.5) is 13.2 Å². The molecule has 28 heavy (non-hydrogen) atoms. The molecule has 0 aromatic heterocycles. The smallest absolute Gasteiger partial charge is 0.507 e. The summed E-state index contributed by atoms with van der Waals surface area (Å²) in [6.45, 7) is 0. The summed E-state index contributed by atoms with van der Waals surface area (Å²) < 4.78 is 67.0. The number of phenols is 2. The Bertz CT molecular complexity index is 1020. The number of phenolic OH excluding ortho intramolecular Hbond substituents is 2. The van der Waals surface area contributed by atoms with Gasteiger partial charge in [-0.25, -0.2) is 8.42 Å². The highest BCUT2D eigenvalue weighted by Gasteiger charge is 2.33. The summed E-state index contributed by atoms with van der Waals surface area (Å²) in [6, 6.07) is 4.87. The van der Waals surface area contributed by atoms with Crippen molar-refractivity contribution in [2.75, 3.05) is 7.05 Å². The minimum Gasteiger partial charge on any atom is -0.507 e. The number of aromatic hydroxyl groups is 2. The molecule has 2 rings (SSSR count). The highest BCUT2D eigenvalue weighted by Crippen LogP contribution is 2.35. The van der Waals surface area contributed by atoms with Crippen LogP contribution in [-0.2, 0) is 15.6 Å². The van der Waals surface area contributed by atoms with Crippen LogP contribution in [0.25, 0.3) is 0 Å². The second-order valence-corrected chi connectivity index (χ2v) is 8.35. The van der Waals surface area contributed by atoms with Gasteiger partial charge in [0.25, 0.3) is 5.91 Å². The molecule has 0 unspecified atom stereocenters. The molecule has 0 saturated heterocycles. The van der Waals surface area contributed by atoms with Crippen molar-refractivity contribution >= 4 is 31.7 Å².